The molecule has 3 heterocycles. The van der Waals surface area contributed by atoms with Gasteiger partial charge in [-0.1, -0.05) is 6.92 Å². The summed E-state index contributed by atoms with van der Waals surface area (Å²) in [5.41, 5.74) is 0. The van der Waals surface area contributed by atoms with Crippen LogP contribution in [0.4, 0.5) is 0 Å². The Morgan fingerprint density at radius 2 is 1.89 bits per heavy atom. The molecule has 0 amide bonds. The average Bonchev–Trinajstić information content (AvgIpc) is 2.99. The molecule has 0 radical (unpaired) electrons. The largest absolute Gasteiger partial charge is 0.459 e. The summed E-state index contributed by atoms with van der Waals surface area (Å²) < 4.78 is 15.5. The van der Waals surface area contributed by atoms with Crippen LogP contribution in [0.2, 0.25) is 0 Å². The first-order chi connectivity index (χ1) is 9.02. The molecule has 110 valence electrons. The van der Waals surface area contributed by atoms with Crippen LogP contribution in [-0.4, -0.2) is 48.7 Å². The Morgan fingerprint density at radius 1 is 1.21 bits per heavy atom. The van der Waals surface area contributed by atoms with Crippen molar-refractivity contribution in [2.45, 2.75) is 58.0 Å². The van der Waals surface area contributed by atoms with E-state index in [1.165, 1.54) is 0 Å². The third-order valence-electron chi connectivity index (χ3n) is 4.39. The van der Waals surface area contributed by atoms with Crippen molar-refractivity contribution in [2.75, 3.05) is 13.2 Å². The standard InChI is InChI=1S/C7H10O3.C7H14O2/c1-4-5-2-7(8)10-6(5)3-9-4;1-3-6-5(2)9-4-7(6)8/h4-6H,2-3H2,1H3;5-8H,3-4H2,1-2H3/t4?,5?,6-;5?,6-,7-/m11/s1. The molecule has 0 saturated carbocycles. The van der Waals surface area contributed by atoms with E-state index in [9.17, 15) is 9.90 Å². The van der Waals surface area contributed by atoms with Crippen molar-refractivity contribution in [1.82, 2.24) is 0 Å². The molecule has 19 heavy (non-hydrogen) atoms. The molecule has 0 aromatic heterocycles. The molecule has 3 rings (SSSR count). The highest BCUT2D eigenvalue weighted by Gasteiger charge is 2.43. The van der Waals surface area contributed by atoms with Gasteiger partial charge in [-0.3, -0.25) is 4.79 Å². The van der Waals surface area contributed by atoms with Gasteiger partial charge in [-0.15, -0.1) is 0 Å². The zero-order valence-corrected chi connectivity index (χ0v) is 11.9. The first kappa shape index (κ1) is 14.8. The predicted molar refractivity (Wildman–Crippen MR) is 68.6 cm³/mol. The van der Waals surface area contributed by atoms with E-state index >= 15 is 0 Å². The molecule has 5 nitrogen and oxygen atoms in total. The third-order valence-corrected chi connectivity index (χ3v) is 4.39. The molecule has 3 saturated heterocycles. The Balaban J connectivity index is 0.000000141. The Bertz CT molecular complexity index is 309. The fourth-order valence-corrected chi connectivity index (χ4v) is 3.04. The Labute approximate surface area is 114 Å². The van der Waals surface area contributed by atoms with E-state index in [2.05, 4.69) is 6.92 Å². The minimum atomic E-state index is -0.218. The molecule has 3 fully saturated rings. The maximum absolute atomic E-state index is 10.7. The smallest absolute Gasteiger partial charge is 0.306 e. The van der Waals surface area contributed by atoms with Crippen molar-refractivity contribution < 1.29 is 24.1 Å². The molecule has 0 spiro atoms. The second kappa shape index (κ2) is 6.20. The molecule has 5 heteroatoms. The lowest BCUT2D eigenvalue weighted by molar-refractivity contribution is -0.142. The lowest BCUT2D eigenvalue weighted by Crippen LogP contribution is -2.20. The summed E-state index contributed by atoms with van der Waals surface area (Å²) >= 11 is 0. The van der Waals surface area contributed by atoms with Gasteiger partial charge in [-0.05, 0) is 20.3 Å². The van der Waals surface area contributed by atoms with Gasteiger partial charge in [0.15, 0.2) is 0 Å². The van der Waals surface area contributed by atoms with Gasteiger partial charge >= 0.3 is 5.97 Å². The number of carbonyl (C=O) groups excluding carboxylic acids is 1. The predicted octanol–water partition coefficient (Wildman–Crippen LogP) is 1.13. The third kappa shape index (κ3) is 3.27. The number of aliphatic hydroxyl groups excluding tert-OH is 1. The zero-order valence-electron chi connectivity index (χ0n) is 11.9. The maximum Gasteiger partial charge on any atom is 0.306 e. The van der Waals surface area contributed by atoms with Crippen molar-refractivity contribution in [3.05, 3.63) is 0 Å². The van der Waals surface area contributed by atoms with Crippen LogP contribution < -0.4 is 0 Å². The van der Waals surface area contributed by atoms with E-state index in [1.54, 1.807) is 0 Å². The molecule has 0 aromatic carbocycles. The second-order valence-electron chi connectivity index (χ2n) is 5.61. The minimum Gasteiger partial charge on any atom is -0.459 e. The monoisotopic (exact) mass is 272 g/mol. The normalized spacial score (nSPS) is 44.5. The van der Waals surface area contributed by atoms with Gasteiger partial charge in [0.2, 0.25) is 0 Å². The Kier molecular flexibility index (Phi) is 4.81. The van der Waals surface area contributed by atoms with E-state index in [0.29, 0.717) is 31.5 Å². The van der Waals surface area contributed by atoms with Gasteiger partial charge in [0.25, 0.3) is 0 Å². The fraction of sp³-hybridized carbons (Fsp3) is 0.929. The topological polar surface area (TPSA) is 65.0 Å². The molecular formula is C14H24O5. The molecule has 1 N–H and O–H groups in total. The lowest BCUT2D eigenvalue weighted by atomic mass is 9.98. The first-order valence-corrected chi connectivity index (χ1v) is 7.13. The summed E-state index contributed by atoms with van der Waals surface area (Å²) in [5.74, 6) is 0.627. The van der Waals surface area contributed by atoms with Gasteiger partial charge in [-0.2, -0.15) is 0 Å². The Morgan fingerprint density at radius 3 is 2.37 bits per heavy atom. The number of hydrogen-bond acceptors (Lipinski definition) is 5. The SMILES string of the molecule is CC1OC[C@H]2OC(=O)CC12.CC[C@@H]1C(C)OC[C@H]1O. The molecule has 0 aliphatic carbocycles. The molecular weight excluding hydrogens is 248 g/mol. The van der Waals surface area contributed by atoms with Gasteiger partial charge in [0, 0.05) is 11.8 Å². The van der Waals surface area contributed by atoms with E-state index in [0.717, 1.165) is 6.42 Å². The first-order valence-electron chi connectivity index (χ1n) is 7.13. The van der Waals surface area contributed by atoms with Crippen LogP contribution in [0.5, 0.6) is 0 Å². The lowest BCUT2D eigenvalue weighted by Gasteiger charge is -2.12. The molecule has 0 bridgehead atoms. The van der Waals surface area contributed by atoms with Crippen LogP contribution in [0.25, 0.3) is 0 Å². The number of ether oxygens (including phenoxy) is 3. The van der Waals surface area contributed by atoms with Gasteiger partial charge in [-0.25, -0.2) is 0 Å². The highest BCUT2D eigenvalue weighted by molar-refractivity contribution is 5.72. The van der Waals surface area contributed by atoms with Crippen molar-refractivity contribution >= 4 is 5.97 Å². The van der Waals surface area contributed by atoms with E-state index in [1.807, 2.05) is 13.8 Å². The molecule has 3 unspecified atom stereocenters. The number of aliphatic hydroxyl groups is 1. The number of fused-ring (bicyclic) bond motifs is 1. The highest BCUT2D eigenvalue weighted by atomic mass is 16.6. The second-order valence-corrected chi connectivity index (χ2v) is 5.61. The summed E-state index contributed by atoms with van der Waals surface area (Å²) in [4.78, 5) is 10.7. The quantitative estimate of drug-likeness (QED) is 0.725. The highest BCUT2D eigenvalue weighted by Crippen LogP contribution is 2.32. The van der Waals surface area contributed by atoms with Crippen LogP contribution >= 0.6 is 0 Å². The fourth-order valence-electron chi connectivity index (χ4n) is 3.04. The number of esters is 1. The minimum absolute atomic E-state index is 0.0579. The van der Waals surface area contributed by atoms with E-state index in [-0.39, 0.29) is 30.4 Å². The van der Waals surface area contributed by atoms with Crippen LogP contribution in [-0.2, 0) is 19.0 Å². The zero-order chi connectivity index (χ0) is 14.0. The van der Waals surface area contributed by atoms with Crippen LogP contribution in [0.15, 0.2) is 0 Å². The molecule has 3 aliphatic heterocycles. The van der Waals surface area contributed by atoms with Crippen LogP contribution in [0.3, 0.4) is 0 Å². The van der Waals surface area contributed by atoms with Gasteiger partial charge in [0.1, 0.15) is 6.10 Å². The molecule has 0 aromatic rings. The summed E-state index contributed by atoms with van der Waals surface area (Å²) in [7, 11) is 0. The Hall–Kier alpha value is -0.650. The number of hydrogen-bond donors (Lipinski definition) is 1. The van der Waals surface area contributed by atoms with Gasteiger partial charge < -0.3 is 19.3 Å². The number of carbonyl (C=O) groups is 1. The van der Waals surface area contributed by atoms with Crippen LogP contribution in [0.1, 0.15) is 33.6 Å². The van der Waals surface area contributed by atoms with Crippen molar-refractivity contribution in [3.8, 4) is 0 Å². The molecule has 3 aliphatic rings. The summed E-state index contributed by atoms with van der Waals surface area (Å²) in [5, 5.41) is 9.23. The van der Waals surface area contributed by atoms with Crippen molar-refractivity contribution in [3.63, 3.8) is 0 Å². The van der Waals surface area contributed by atoms with Crippen LogP contribution in [0, 0.1) is 11.8 Å². The van der Waals surface area contributed by atoms with Crippen molar-refractivity contribution in [1.29, 1.82) is 0 Å². The average molecular weight is 272 g/mol. The molecule has 6 atom stereocenters. The summed E-state index contributed by atoms with van der Waals surface area (Å²) in [6, 6.07) is 0. The van der Waals surface area contributed by atoms with E-state index < -0.39 is 0 Å². The summed E-state index contributed by atoms with van der Waals surface area (Å²) in [6.45, 7) is 7.22. The van der Waals surface area contributed by atoms with Crippen molar-refractivity contribution in [2.24, 2.45) is 11.8 Å². The maximum atomic E-state index is 10.7. The summed E-state index contributed by atoms with van der Waals surface area (Å²) in [6.07, 6.45) is 1.86. The van der Waals surface area contributed by atoms with Gasteiger partial charge in [0.05, 0.1) is 37.9 Å². The number of rotatable bonds is 1. The van der Waals surface area contributed by atoms with E-state index in [4.69, 9.17) is 14.2 Å².